The van der Waals surface area contributed by atoms with E-state index in [9.17, 15) is 4.39 Å². The summed E-state index contributed by atoms with van der Waals surface area (Å²) >= 11 is 5.64. The summed E-state index contributed by atoms with van der Waals surface area (Å²) in [6.07, 6.45) is 0. The van der Waals surface area contributed by atoms with Gasteiger partial charge in [0.1, 0.15) is 5.82 Å². The molecule has 0 heterocycles. The smallest absolute Gasteiger partial charge is 0.143 e. The standard InChI is InChI=1S/C12H18ClFN2O/c1-7(2)12(6-17-3)16-11-5-9(14)8(13)4-10(11)15/h4-5,7,12,16H,6,15H2,1-3H3. The normalized spacial score (nSPS) is 12.8. The van der Waals surface area contributed by atoms with Crippen molar-refractivity contribution in [3.8, 4) is 0 Å². The number of nitrogen functional groups attached to an aromatic ring is 1. The summed E-state index contributed by atoms with van der Waals surface area (Å²) in [5.74, 6) is -0.142. The molecule has 17 heavy (non-hydrogen) atoms. The summed E-state index contributed by atoms with van der Waals surface area (Å²) in [5.41, 5.74) is 6.75. The van der Waals surface area contributed by atoms with Gasteiger partial charge in [-0.2, -0.15) is 0 Å². The molecule has 0 saturated heterocycles. The predicted octanol–water partition coefficient (Wildman–Crippen LogP) is 3.14. The number of nitrogens with two attached hydrogens (primary N) is 1. The first-order valence-corrected chi connectivity index (χ1v) is 5.83. The maximum Gasteiger partial charge on any atom is 0.143 e. The summed E-state index contributed by atoms with van der Waals surface area (Å²) in [5, 5.41) is 3.20. The second-order valence-corrected chi connectivity index (χ2v) is 4.71. The average Bonchev–Trinajstić information content (AvgIpc) is 2.24. The summed E-state index contributed by atoms with van der Waals surface area (Å²) in [7, 11) is 1.63. The Morgan fingerprint density at radius 2 is 2.12 bits per heavy atom. The molecule has 1 unspecified atom stereocenters. The lowest BCUT2D eigenvalue weighted by atomic mass is 10.0. The van der Waals surface area contributed by atoms with Gasteiger partial charge in [0.05, 0.1) is 29.0 Å². The minimum Gasteiger partial charge on any atom is -0.397 e. The molecule has 0 spiro atoms. The van der Waals surface area contributed by atoms with Crippen LogP contribution in [0, 0.1) is 11.7 Å². The minimum atomic E-state index is -0.483. The summed E-state index contributed by atoms with van der Waals surface area (Å²) in [6.45, 7) is 4.64. The highest BCUT2D eigenvalue weighted by Gasteiger charge is 2.15. The Labute approximate surface area is 106 Å². The number of benzene rings is 1. The molecule has 1 rings (SSSR count). The van der Waals surface area contributed by atoms with Crippen LogP contribution < -0.4 is 11.1 Å². The van der Waals surface area contributed by atoms with Gasteiger partial charge in [-0.25, -0.2) is 4.39 Å². The van der Waals surface area contributed by atoms with Crippen LogP contribution in [0.15, 0.2) is 12.1 Å². The molecule has 0 aromatic heterocycles. The van der Waals surface area contributed by atoms with Crippen molar-refractivity contribution >= 4 is 23.0 Å². The van der Waals surface area contributed by atoms with Gasteiger partial charge in [-0.15, -0.1) is 0 Å². The van der Waals surface area contributed by atoms with E-state index in [-0.39, 0.29) is 11.1 Å². The minimum absolute atomic E-state index is 0.0286. The third kappa shape index (κ3) is 3.75. The number of halogens is 2. The van der Waals surface area contributed by atoms with E-state index in [1.165, 1.54) is 12.1 Å². The van der Waals surface area contributed by atoms with Crippen LogP contribution in [0.4, 0.5) is 15.8 Å². The number of ether oxygens (including phenoxy) is 1. The largest absolute Gasteiger partial charge is 0.397 e. The van der Waals surface area contributed by atoms with E-state index in [0.717, 1.165) is 0 Å². The fraction of sp³-hybridized carbons (Fsp3) is 0.500. The van der Waals surface area contributed by atoms with Crippen molar-refractivity contribution in [1.82, 2.24) is 0 Å². The highest BCUT2D eigenvalue weighted by atomic mass is 35.5. The van der Waals surface area contributed by atoms with Gasteiger partial charge in [0.2, 0.25) is 0 Å². The van der Waals surface area contributed by atoms with Crippen LogP contribution in [0.1, 0.15) is 13.8 Å². The van der Waals surface area contributed by atoms with Crippen molar-refractivity contribution < 1.29 is 9.13 Å². The molecular formula is C12H18ClFN2O. The number of hydrogen-bond donors (Lipinski definition) is 2. The molecule has 0 radical (unpaired) electrons. The highest BCUT2D eigenvalue weighted by molar-refractivity contribution is 6.31. The molecule has 0 aliphatic heterocycles. The molecule has 0 bridgehead atoms. The van der Waals surface area contributed by atoms with Crippen LogP contribution in [0.25, 0.3) is 0 Å². The van der Waals surface area contributed by atoms with E-state index in [4.69, 9.17) is 22.1 Å². The lowest BCUT2D eigenvalue weighted by Crippen LogP contribution is -2.30. The Hall–Kier alpha value is -1.00. The van der Waals surface area contributed by atoms with Crippen molar-refractivity contribution in [1.29, 1.82) is 0 Å². The van der Waals surface area contributed by atoms with Gasteiger partial charge in [0.15, 0.2) is 0 Å². The van der Waals surface area contributed by atoms with Gasteiger partial charge in [-0.05, 0) is 12.0 Å². The van der Waals surface area contributed by atoms with E-state index < -0.39 is 5.82 Å². The maximum absolute atomic E-state index is 13.3. The molecule has 3 nitrogen and oxygen atoms in total. The molecule has 1 atom stereocenters. The third-order valence-electron chi connectivity index (χ3n) is 2.58. The number of anilines is 2. The van der Waals surface area contributed by atoms with E-state index in [1.54, 1.807) is 7.11 Å². The Kier molecular flexibility index (Phi) is 5.02. The molecule has 1 aromatic carbocycles. The average molecular weight is 261 g/mol. The van der Waals surface area contributed by atoms with E-state index >= 15 is 0 Å². The Bertz CT molecular complexity index is 385. The molecular weight excluding hydrogens is 243 g/mol. The van der Waals surface area contributed by atoms with Crippen molar-refractivity contribution in [3.05, 3.63) is 23.0 Å². The van der Waals surface area contributed by atoms with Crippen molar-refractivity contribution in [2.45, 2.75) is 19.9 Å². The van der Waals surface area contributed by atoms with Gasteiger partial charge in [0, 0.05) is 13.2 Å². The Morgan fingerprint density at radius 3 is 2.65 bits per heavy atom. The number of methoxy groups -OCH3 is 1. The summed E-state index contributed by atoms with van der Waals surface area (Å²) in [4.78, 5) is 0. The second kappa shape index (κ2) is 6.07. The highest BCUT2D eigenvalue weighted by Crippen LogP contribution is 2.27. The van der Waals surface area contributed by atoms with Crippen LogP contribution >= 0.6 is 11.6 Å². The molecule has 0 aliphatic carbocycles. The molecule has 1 aromatic rings. The molecule has 0 saturated carbocycles. The molecule has 5 heteroatoms. The molecule has 0 amide bonds. The quantitative estimate of drug-likeness (QED) is 0.800. The van der Waals surface area contributed by atoms with Crippen molar-refractivity contribution in [3.63, 3.8) is 0 Å². The number of hydrogen-bond acceptors (Lipinski definition) is 3. The second-order valence-electron chi connectivity index (χ2n) is 4.30. The van der Waals surface area contributed by atoms with Crippen LogP contribution in [-0.4, -0.2) is 19.8 Å². The lowest BCUT2D eigenvalue weighted by Gasteiger charge is -2.23. The van der Waals surface area contributed by atoms with Crippen LogP contribution in [0.5, 0.6) is 0 Å². The van der Waals surface area contributed by atoms with Crippen LogP contribution in [-0.2, 0) is 4.74 Å². The first-order valence-electron chi connectivity index (χ1n) is 5.45. The summed E-state index contributed by atoms with van der Waals surface area (Å²) < 4.78 is 18.4. The first kappa shape index (κ1) is 14.1. The fourth-order valence-corrected chi connectivity index (χ4v) is 1.64. The zero-order chi connectivity index (χ0) is 13.0. The molecule has 0 fully saturated rings. The predicted molar refractivity (Wildman–Crippen MR) is 69.9 cm³/mol. The van der Waals surface area contributed by atoms with E-state index in [0.29, 0.717) is 23.9 Å². The van der Waals surface area contributed by atoms with E-state index in [1.807, 2.05) is 0 Å². The Balaban J connectivity index is 2.89. The molecule has 0 aliphatic rings. The third-order valence-corrected chi connectivity index (χ3v) is 2.87. The van der Waals surface area contributed by atoms with Gasteiger partial charge in [-0.3, -0.25) is 0 Å². The van der Waals surface area contributed by atoms with E-state index in [2.05, 4.69) is 19.2 Å². The summed E-state index contributed by atoms with van der Waals surface area (Å²) in [6, 6.07) is 2.79. The van der Waals surface area contributed by atoms with Gasteiger partial charge >= 0.3 is 0 Å². The fourth-order valence-electron chi connectivity index (χ4n) is 1.47. The zero-order valence-corrected chi connectivity index (χ0v) is 11.0. The number of nitrogens with one attached hydrogen (secondary N) is 1. The van der Waals surface area contributed by atoms with Crippen molar-refractivity contribution in [2.75, 3.05) is 24.8 Å². The van der Waals surface area contributed by atoms with Gasteiger partial charge in [-0.1, -0.05) is 25.4 Å². The Morgan fingerprint density at radius 1 is 1.47 bits per heavy atom. The maximum atomic E-state index is 13.3. The van der Waals surface area contributed by atoms with Gasteiger partial charge in [0.25, 0.3) is 0 Å². The van der Waals surface area contributed by atoms with Crippen LogP contribution in [0.2, 0.25) is 5.02 Å². The molecule has 96 valence electrons. The topological polar surface area (TPSA) is 47.3 Å². The zero-order valence-electron chi connectivity index (χ0n) is 10.3. The van der Waals surface area contributed by atoms with Gasteiger partial charge < -0.3 is 15.8 Å². The monoisotopic (exact) mass is 260 g/mol. The SMILES string of the molecule is COCC(Nc1cc(F)c(Cl)cc1N)C(C)C. The lowest BCUT2D eigenvalue weighted by molar-refractivity contribution is 0.171. The van der Waals surface area contributed by atoms with Crippen molar-refractivity contribution in [2.24, 2.45) is 5.92 Å². The number of rotatable bonds is 5. The first-order chi connectivity index (χ1) is 7.95. The molecule has 3 N–H and O–H groups in total. The van der Waals surface area contributed by atoms with Crippen LogP contribution in [0.3, 0.4) is 0 Å².